The summed E-state index contributed by atoms with van der Waals surface area (Å²) in [5, 5.41) is 0. The summed E-state index contributed by atoms with van der Waals surface area (Å²) in [5.74, 6) is 0. The molecule has 0 radical (unpaired) electrons. The number of benzene rings is 1. The second-order valence-electron chi connectivity index (χ2n) is 2.21. The predicted octanol–water partition coefficient (Wildman–Crippen LogP) is 1.94. The molecular weight excluding hydrogens is 199 g/mol. The van der Waals surface area contributed by atoms with Gasteiger partial charge in [-0.3, -0.25) is 0 Å². The molecule has 0 atom stereocenters. The summed E-state index contributed by atoms with van der Waals surface area (Å²) in [5.41, 5.74) is 0. The van der Waals surface area contributed by atoms with Gasteiger partial charge in [0.05, 0.1) is 0 Å². The maximum atomic E-state index is 2.28. The van der Waals surface area contributed by atoms with Gasteiger partial charge in [0.25, 0.3) is 0 Å². The maximum absolute atomic E-state index is 2.28. The Bertz CT molecular complexity index is 214. The fourth-order valence-electron chi connectivity index (χ4n) is 0.722. The standard InChI is InChI=1S/C10H12Se/c1-2-3-9-11-10-7-5-4-6-8-10/h3-9H,2H2,1H3/b9-3+. The van der Waals surface area contributed by atoms with E-state index in [1.807, 2.05) is 0 Å². The van der Waals surface area contributed by atoms with Crippen LogP contribution in [0.4, 0.5) is 0 Å². The van der Waals surface area contributed by atoms with Crippen LogP contribution in [0.15, 0.2) is 41.4 Å². The van der Waals surface area contributed by atoms with Crippen molar-refractivity contribution in [1.29, 1.82) is 0 Å². The molecule has 0 N–H and O–H groups in total. The normalized spacial score (nSPS) is 10.6. The van der Waals surface area contributed by atoms with Gasteiger partial charge in [-0.15, -0.1) is 0 Å². The van der Waals surface area contributed by atoms with Crippen LogP contribution in [0.5, 0.6) is 0 Å². The van der Waals surface area contributed by atoms with E-state index in [9.17, 15) is 0 Å². The van der Waals surface area contributed by atoms with Crippen LogP contribution in [-0.2, 0) is 0 Å². The van der Waals surface area contributed by atoms with Crippen molar-refractivity contribution in [3.8, 4) is 0 Å². The molecule has 0 aliphatic rings. The van der Waals surface area contributed by atoms with Crippen LogP contribution < -0.4 is 4.46 Å². The van der Waals surface area contributed by atoms with Crippen LogP contribution in [0.3, 0.4) is 0 Å². The van der Waals surface area contributed by atoms with Crippen molar-refractivity contribution >= 4 is 19.4 Å². The van der Waals surface area contributed by atoms with Crippen molar-refractivity contribution in [1.82, 2.24) is 0 Å². The number of rotatable bonds is 3. The summed E-state index contributed by atoms with van der Waals surface area (Å²) >= 11 is 0.539. The first-order valence-corrected chi connectivity index (χ1v) is 5.64. The molecule has 0 unspecified atom stereocenters. The Morgan fingerprint density at radius 1 is 1.27 bits per heavy atom. The molecule has 11 heavy (non-hydrogen) atoms. The molecule has 0 amide bonds. The van der Waals surface area contributed by atoms with Crippen molar-refractivity contribution < 1.29 is 0 Å². The second-order valence-corrected chi connectivity index (χ2v) is 4.27. The van der Waals surface area contributed by atoms with E-state index in [4.69, 9.17) is 0 Å². The summed E-state index contributed by atoms with van der Waals surface area (Å²) in [7, 11) is 0. The Labute approximate surface area is 74.5 Å². The first kappa shape index (κ1) is 8.57. The van der Waals surface area contributed by atoms with Crippen molar-refractivity contribution in [3.05, 3.63) is 41.4 Å². The Kier molecular flexibility index (Phi) is 4.03. The zero-order valence-electron chi connectivity index (χ0n) is 6.66. The molecule has 0 aliphatic heterocycles. The van der Waals surface area contributed by atoms with E-state index in [0.717, 1.165) is 6.42 Å². The molecule has 1 aromatic rings. The van der Waals surface area contributed by atoms with Gasteiger partial charge in [0, 0.05) is 0 Å². The summed E-state index contributed by atoms with van der Waals surface area (Å²) in [4.78, 5) is 2.28. The molecule has 0 aromatic heterocycles. The van der Waals surface area contributed by atoms with Crippen molar-refractivity contribution in [3.63, 3.8) is 0 Å². The van der Waals surface area contributed by atoms with E-state index < -0.39 is 0 Å². The van der Waals surface area contributed by atoms with E-state index >= 15 is 0 Å². The first-order chi connectivity index (χ1) is 5.43. The van der Waals surface area contributed by atoms with Gasteiger partial charge < -0.3 is 0 Å². The fraction of sp³-hybridized carbons (Fsp3) is 0.200. The Balaban J connectivity index is 2.45. The molecule has 0 fully saturated rings. The molecule has 1 aromatic carbocycles. The number of allylic oxidation sites excluding steroid dienone is 1. The van der Waals surface area contributed by atoms with Crippen molar-refractivity contribution in [2.75, 3.05) is 0 Å². The monoisotopic (exact) mass is 212 g/mol. The second kappa shape index (κ2) is 5.17. The van der Waals surface area contributed by atoms with Gasteiger partial charge in [-0.25, -0.2) is 0 Å². The molecular formula is C10H12Se. The third-order valence-electron chi connectivity index (χ3n) is 1.28. The summed E-state index contributed by atoms with van der Waals surface area (Å²) in [6.45, 7) is 2.16. The van der Waals surface area contributed by atoms with Gasteiger partial charge in [0.1, 0.15) is 0 Å². The molecule has 0 heterocycles. The molecule has 0 nitrogen and oxygen atoms in total. The summed E-state index contributed by atoms with van der Waals surface area (Å²) < 4.78 is 1.45. The molecule has 1 heteroatoms. The Hall–Kier alpha value is -0.521. The topological polar surface area (TPSA) is 0 Å². The number of hydrogen-bond donors (Lipinski definition) is 0. The van der Waals surface area contributed by atoms with Crippen LogP contribution in [0.2, 0.25) is 0 Å². The van der Waals surface area contributed by atoms with E-state index in [1.54, 1.807) is 0 Å². The Morgan fingerprint density at radius 2 is 2.00 bits per heavy atom. The van der Waals surface area contributed by atoms with Crippen LogP contribution in [0.25, 0.3) is 0 Å². The molecule has 0 aliphatic carbocycles. The van der Waals surface area contributed by atoms with Gasteiger partial charge in [0.15, 0.2) is 0 Å². The SMILES string of the molecule is CC/C=C/[Se]c1ccccc1. The molecule has 0 spiro atoms. The minimum absolute atomic E-state index is 0.539. The van der Waals surface area contributed by atoms with Gasteiger partial charge in [-0.05, 0) is 0 Å². The minimum atomic E-state index is 0.539. The van der Waals surface area contributed by atoms with Crippen LogP contribution in [0.1, 0.15) is 13.3 Å². The van der Waals surface area contributed by atoms with Gasteiger partial charge >= 0.3 is 74.1 Å². The van der Waals surface area contributed by atoms with Crippen LogP contribution >= 0.6 is 0 Å². The van der Waals surface area contributed by atoms with Crippen LogP contribution in [-0.4, -0.2) is 15.0 Å². The zero-order chi connectivity index (χ0) is 7.94. The zero-order valence-corrected chi connectivity index (χ0v) is 8.37. The average Bonchev–Trinajstić information content (AvgIpc) is 2.07. The molecule has 58 valence electrons. The predicted molar refractivity (Wildman–Crippen MR) is 51.3 cm³/mol. The summed E-state index contributed by atoms with van der Waals surface area (Å²) in [6.07, 6.45) is 3.38. The van der Waals surface area contributed by atoms with E-state index in [1.165, 1.54) is 4.46 Å². The third-order valence-corrected chi connectivity index (χ3v) is 3.11. The molecule has 0 bridgehead atoms. The molecule has 0 saturated carbocycles. The molecule has 0 saturated heterocycles. The van der Waals surface area contributed by atoms with E-state index in [-0.39, 0.29) is 0 Å². The van der Waals surface area contributed by atoms with Gasteiger partial charge in [0.2, 0.25) is 0 Å². The van der Waals surface area contributed by atoms with Crippen molar-refractivity contribution in [2.45, 2.75) is 13.3 Å². The first-order valence-electron chi connectivity index (χ1n) is 3.80. The fourth-order valence-corrected chi connectivity index (χ4v) is 2.32. The third kappa shape index (κ3) is 3.41. The average molecular weight is 211 g/mol. The van der Waals surface area contributed by atoms with Gasteiger partial charge in [-0.1, -0.05) is 0 Å². The Morgan fingerprint density at radius 3 is 2.64 bits per heavy atom. The van der Waals surface area contributed by atoms with Crippen LogP contribution in [0, 0.1) is 0 Å². The quantitative estimate of drug-likeness (QED) is 0.670. The summed E-state index contributed by atoms with van der Waals surface area (Å²) in [6, 6.07) is 10.6. The van der Waals surface area contributed by atoms with E-state index in [0.29, 0.717) is 15.0 Å². The van der Waals surface area contributed by atoms with Gasteiger partial charge in [-0.2, -0.15) is 0 Å². The van der Waals surface area contributed by atoms with E-state index in [2.05, 4.69) is 48.3 Å². The van der Waals surface area contributed by atoms with Crippen molar-refractivity contribution in [2.24, 2.45) is 0 Å². The number of hydrogen-bond acceptors (Lipinski definition) is 0. The molecule has 1 rings (SSSR count).